The van der Waals surface area contributed by atoms with E-state index in [1.165, 1.54) is 83.9 Å². The highest BCUT2D eigenvalue weighted by atomic mass is 32.2. The van der Waals surface area contributed by atoms with Crippen molar-refractivity contribution in [2.24, 2.45) is 0 Å². The van der Waals surface area contributed by atoms with E-state index in [0.717, 1.165) is 22.7 Å². The summed E-state index contributed by atoms with van der Waals surface area (Å²) in [5, 5.41) is 4.42. The molecular weight excluding hydrogens is 452 g/mol. The lowest BCUT2D eigenvalue weighted by Crippen LogP contribution is -2.42. The molecule has 184 valence electrons. The van der Waals surface area contributed by atoms with Gasteiger partial charge >= 0.3 is 0 Å². The average Bonchev–Trinajstić information content (AvgIpc) is 3.51. The molecule has 4 aromatic heterocycles. The number of H-pyrrole nitrogens is 1. The molecule has 1 saturated heterocycles. The Hall–Kier alpha value is -2.38. The smallest absolute Gasteiger partial charge is 0.158 e. The fourth-order valence-electron chi connectivity index (χ4n) is 6.24. The van der Waals surface area contributed by atoms with Crippen LogP contribution in [-0.2, 0) is 0 Å². The highest BCUT2D eigenvalue weighted by molar-refractivity contribution is 7.99. The number of thioether (sulfide) groups is 1. The van der Waals surface area contributed by atoms with Crippen molar-refractivity contribution in [1.29, 1.82) is 0 Å². The molecular formula is C28H36N6S. The van der Waals surface area contributed by atoms with Crippen LogP contribution < -0.4 is 0 Å². The molecule has 0 radical (unpaired) electrons. The van der Waals surface area contributed by atoms with Crippen molar-refractivity contribution in [3.8, 4) is 11.3 Å². The van der Waals surface area contributed by atoms with Crippen molar-refractivity contribution >= 4 is 28.4 Å². The second kappa shape index (κ2) is 9.25. The standard InChI is InChI=1S/C28H36N6S/c1-17(2)25-26(22-15-34-28(29-16-30-34)19(4)18(22)3)32-24-10-9-23(31-27(24)25)20-5-7-21(8-6-20)33-11-13-35-14-12-33/h9-10,15-17,20-21,32H,5-8,11-14H2,1-4H3. The molecule has 0 amide bonds. The molecule has 6 rings (SSSR count). The van der Waals surface area contributed by atoms with Gasteiger partial charge in [0, 0.05) is 59.6 Å². The first kappa shape index (κ1) is 23.0. The summed E-state index contributed by atoms with van der Waals surface area (Å²) in [7, 11) is 0. The van der Waals surface area contributed by atoms with Crippen LogP contribution in [0.2, 0.25) is 0 Å². The van der Waals surface area contributed by atoms with Crippen LogP contribution in [-0.4, -0.2) is 60.1 Å². The first-order valence-electron chi connectivity index (χ1n) is 13.2. The molecule has 0 aromatic carbocycles. The van der Waals surface area contributed by atoms with E-state index in [-0.39, 0.29) is 0 Å². The van der Waals surface area contributed by atoms with Gasteiger partial charge in [0.05, 0.1) is 16.7 Å². The zero-order chi connectivity index (χ0) is 24.1. The SMILES string of the molecule is Cc1c(-c2[nH]c3ccc(C4CCC(N5CCSCC5)CC4)nc3c2C(C)C)cn2ncnc2c1C. The van der Waals surface area contributed by atoms with Crippen molar-refractivity contribution in [2.75, 3.05) is 24.6 Å². The van der Waals surface area contributed by atoms with Gasteiger partial charge in [0.2, 0.25) is 0 Å². The first-order chi connectivity index (χ1) is 17.0. The third kappa shape index (κ3) is 4.06. The Morgan fingerprint density at radius 2 is 1.80 bits per heavy atom. The van der Waals surface area contributed by atoms with Crippen LogP contribution in [0.25, 0.3) is 27.9 Å². The highest BCUT2D eigenvalue weighted by Gasteiger charge is 2.29. The number of aromatic amines is 1. The number of nitrogens with zero attached hydrogens (tertiary/aromatic N) is 5. The second-order valence-corrected chi connectivity index (χ2v) is 11.9. The molecule has 1 saturated carbocycles. The van der Waals surface area contributed by atoms with Gasteiger partial charge in [0.1, 0.15) is 6.33 Å². The van der Waals surface area contributed by atoms with Crippen LogP contribution in [0.4, 0.5) is 0 Å². The molecule has 0 atom stereocenters. The van der Waals surface area contributed by atoms with E-state index in [1.54, 1.807) is 6.33 Å². The third-order valence-corrected chi connectivity index (χ3v) is 9.29. The molecule has 0 unspecified atom stereocenters. The number of hydrogen-bond acceptors (Lipinski definition) is 5. The number of fused-ring (bicyclic) bond motifs is 2. The van der Waals surface area contributed by atoms with Crippen molar-refractivity contribution in [1.82, 2.24) is 29.5 Å². The van der Waals surface area contributed by atoms with E-state index in [9.17, 15) is 0 Å². The Morgan fingerprint density at radius 3 is 2.54 bits per heavy atom. The monoisotopic (exact) mass is 488 g/mol. The summed E-state index contributed by atoms with van der Waals surface area (Å²) in [4.78, 5) is 16.2. The molecule has 0 bridgehead atoms. The number of aryl methyl sites for hydroxylation is 1. The summed E-state index contributed by atoms with van der Waals surface area (Å²) in [6.07, 6.45) is 8.86. The van der Waals surface area contributed by atoms with E-state index in [4.69, 9.17) is 4.98 Å². The quantitative estimate of drug-likeness (QED) is 0.377. The molecule has 7 heteroatoms. The predicted octanol–water partition coefficient (Wildman–Crippen LogP) is 6.09. The van der Waals surface area contributed by atoms with Crippen LogP contribution >= 0.6 is 11.8 Å². The second-order valence-electron chi connectivity index (χ2n) is 10.7. The van der Waals surface area contributed by atoms with Crippen LogP contribution in [0.5, 0.6) is 0 Å². The fourth-order valence-corrected chi connectivity index (χ4v) is 7.17. The van der Waals surface area contributed by atoms with Gasteiger partial charge in [-0.1, -0.05) is 13.8 Å². The maximum Gasteiger partial charge on any atom is 0.158 e. The summed E-state index contributed by atoms with van der Waals surface area (Å²) in [6, 6.07) is 5.31. The Balaban J connectivity index is 1.34. The highest BCUT2D eigenvalue weighted by Crippen LogP contribution is 2.39. The molecule has 35 heavy (non-hydrogen) atoms. The Kier molecular flexibility index (Phi) is 6.09. The molecule has 0 spiro atoms. The lowest BCUT2D eigenvalue weighted by Gasteiger charge is -2.38. The molecule has 2 fully saturated rings. The maximum absolute atomic E-state index is 5.33. The van der Waals surface area contributed by atoms with E-state index < -0.39 is 0 Å². The Labute approximate surface area is 211 Å². The molecule has 5 heterocycles. The minimum absolute atomic E-state index is 0.361. The van der Waals surface area contributed by atoms with Gasteiger partial charge in [0.15, 0.2) is 5.65 Å². The maximum atomic E-state index is 5.33. The van der Waals surface area contributed by atoms with Crippen LogP contribution in [0, 0.1) is 13.8 Å². The van der Waals surface area contributed by atoms with Gasteiger partial charge in [-0.15, -0.1) is 0 Å². The van der Waals surface area contributed by atoms with Crippen molar-refractivity contribution in [3.05, 3.63) is 47.0 Å². The molecule has 1 N–H and O–H groups in total. The molecule has 1 aliphatic carbocycles. The average molecular weight is 489 g/mol. The lowest BCUT2D eigenvalue weighted by molar-refractivity contribution is 0.162. The minimum Gasteiger partial charge on any atom is -0.353 e. The zero-order valence-electron chi connectivity index (χ0n) is 21.3. The van der Waals surface area contributed by atoms with Gasteiger partial charge in [-0.05, 0) is 68.7 Å². The summed E-state index contributed by atoms with van der Waals surface area (Å²) < 4.78 is 1.89. The van der Waals surface area contributed by atoms with Gasteiger partial charge in [-0.2, -0.15) is 16.9 Å². The van der Waals surface area contributed by atoms with Crippen LogP contribution in [0.1, 0.15) is 73.8 Å². The molecule has 6 nitrogen and oxygen atoms in total. The number of hydrogen-bond donors (Lipinski definition) is 1. The van der Waals surface area contributed by atoms with Gasteiger partial charge in [0.25, 0.3) is 0 Å². The van der Waals surface area contributed by atoms with E-state index in [0.29, 0.717) is 11.8 Å². The Morgan fingerprint density at radius 1 is 1.03 bits per heavy atom. The van der Waals surface area contributed by atoms with Gasteiger partial charge < -0.3 is 4.98 Å². The predicted molar refractivity (Wildman–Crippen MR) is 146 cm³/mol. The Bertz CT molecular complexity index is 1360. The minimum atomic E-state index is 0.361. The summed E-state index contributed by atoms with van der Waals surface area (Å²) in [6.45, 7) is 11.4. The normalized spacial score (nSPS) is 22.0. The van der Waals surface area contributed by atoms with E-state index >= 15 is 0 Å². The van der Waals surface area contributed by atoms with Crippen LogP contribution in [0.3, 0.4) is 0 Å². The lowest BCUT2D eigenvalue weighted by atomic mass is 9.83. The fraction of sp³-hybridized carbons (Fsp3) is 0.536. The number of pyridine rings is 2. The largest absolute Gasteiger partial charge is 0.353 e. The summed E-state index contributed by atoms with van der Waals surface area (Å²) in [5.74, 6) is 3.54. The summed E-state index contributed by atoms with van der Waals surface area (Å²) >= 11 is 2.10. The molecule has 1 aliphatic heterocycles. The summed E-state index contributed by atoms with van der Waals surface area (Å²) in [5.41, 5.74) is 10.5. The molecule has 4 aromatic rings. The van der Waals surface area contributed by atoms with E-state index in [1.807, 2.05) is 4.52 Å². The van der Waals surface area contributed by atoms with Gasteiger partial charge in [-0.25, -0.2) is 9.50 Å². The van der Waals surface area contributed by atoms with E-state index in [2.05, 4.69) is 77.8 Å². The number of rotatable bonds is 4. The van der Waals surface area contributed by atoms with Crippen molar-refractivity contribution < 1.29 is 0 Å². The van der Waals surface area contributed by atoms with Gasteiger partial charge in [-0.3, -0.25) is 9.88 Å². The topological polar surface area (TPSA) is 62.1 Å². The zero-order valence-corrected chi connectivity index (χ0v) is 22.2. The first-order valence-corrected chi connectivity index (χ1v) is 14.3. The van der Waals surface area contributed by atoms with Crippen LogP contribution in [0.15, 0.2) is 24.7 Å². The third-order valence-electron chi connectivity index (χ3n) is 8.35. The molecule has 2 aliphatic rings. The number of aromatic nitrogens is 5. The van der Waals surface area contributed by atoms with Crippen molar-refractivity contribution in [2.45, 2.75) is 71.3 Å². The number of nitrogens with one attached hydrogen (secondary N) is 1. The van der Waals surface area contributed by atoms with Crippen molar-refractivity contribution in [3.63, 3.8) is 0 Å².